The predicted octanol–water partition coefficient (Wildman–Crippen LogP) is 9.87. The number of methoxy groups -OCH3 is 1. The lowest BCUT2D eigenvalue weighted by molar-refractivity contribution is -0.926. The smallest absolute Gasteiger partial charge is 0.422 e. The molecular weight excluding hydrogens is 1450 g/mol. The lowest BCUT2D eigenvalue weighted by Gasteiger charge is -2.42. The van der Waals surface area contributed by atoms with Gasteiger partial charge >= 0.3 is 18.2 Å². The van der Waals surface area contributed by atoms with E-state index in [0.717, 1.165) is 60.1 Å². The monoisotopic (exact) mass is 1530 g/mol. The fraction of sp³-hybridized carbons (Fsp3) is 0.355. The van der Waals surface area contributed by atoms with E-state index in [1.807, 2.05) is 30.3 Å². The highest BCUT2D eigenvalue weighted by Gasteiger charge is 2.34. The number of likely N-dealkylation sites (N-methyl/N-ethyl adjacent to an activating group) is 1. The number of urea groups is 1. The van der Waals surface area contributed by atoms with Crippen molar-refractivity contribution < 1.29 is 89.1 Å². The van der Waals surface area contributed by atoms with E-state index in [1.54, 1.807) is 94.7 Å². The molecule has 0 saturated carbocycles. The zero-order valence-electron chi connectivity index (χ0n) is 59.8. The summed E-state index contributed by atoms with van der Waals surface area (Å²) < 4.78 is 91.4. The highest BCUT2D eigenvalue weighted by atomic mass is 35.5. The van der Waals surface area contributed by atoms with Gasteiger partial charge in [0.05, 0.1) is 68.7 Å². The van der Waals surface area contributed by atoms with E-state index in [-0.39, 0.29) is 93.0 Å². The largest absolute Gasteiger partial charge is 0.496 e. The molecule has 2 aliphatic rings. The number of carbonyl (C=O) groups is 7. The molecule has 7 N–H and O–H groups in total. The lowest BCUT2D eigenvalue weighted by Crippen LogP contribution is -2.57. The van der Waals surface area contributed by atoms with Crippen LogP contribution < -0.4 is 50.7 Å². The van der Waals surface area contributed by atoms with Crippen molar-refractivity contribution in [3.8, 4) is 61.8 Å². The number of primary amides is 1. The van der Waals surface area contributed by atoms with Crippen molar-refractivity contribution in [1.29, 1.82) is 0 Å². The first-order valence-corrected chi connectivity index (χ1v) is 35.9. The molecule has 10 rings (SSSR count). The van der Waals surface area contributed by atoms with Gasteiger partial charge in [0.1, 0.15) is 60.2 Å². The number of quaternary nitrogens is 1. The van der Waals surface area contributed by atoms with Crippen LogP contribution in [0.1, 0.15) is 55.5 Å². The molecule has 7 amide bonds. The topological polar surface area (TPSA) is 327 Å². The second-order valence-corrected chi connectivity index (χ2v) is 27.7. The van der Waals surface area contributed by atoms with Crippen molar-refractivity contribution in [2.75, 3.05) is 91.7 Å². The first kappa shape index (κ1) is 79.7. The number of hydrogen-bond acceptors (Lipinski definition) is 19. The zero-order chi connectivity index (χ0) is 77.2. The molecule has 3 aromatic heterocycles. The molecular formula is C76H82ClF4N12O14S+. The maximum atomic E-state index is 15.3. The third kappa shape index (κ3) is 21.3. The number of amides is 7. The third-order valence-corrected chi connectivity index (χ3v) is 19.7. The number of benzene rings is 5. The van der Waals surface area contributed by atoms with Crippen LogP contribution in [-0.2, 0) is 53.1 Å². The van der Waals surface area contributed by atoms with Gasteiger partial charge in [-0.15, -0.1) is 11.3 Å². The second kappa shape index (κ2) is 36.6. The Morgan fingerprint density at radius 2 is 1.54 bits per heavy atom. The molecule has 0 bridgehead atoms. The van der Waals surface area contributed by atoms with Crippen LogP contribution in [0.15, 0.2) is 134 Å². The number of nitrogens with one attached hydrogen (secondary N) is 4. The van der Waals surface area contributed by atoms with E-state index in [4.69, 9.17) is 45.8 Å². The van der Waals surface area contributed by atoms with Gasteiger partial charge in [0, 0.05) is 79.1 Å². The summed E-state index contributed by atoms with van der Waals surface area (Å²) in [6.45, 7) is 8.10. The number of thiophene rings is 1. The van der Waals surface area contributed by atoms with Crippen molar-refractivity contribution in [3.05, 3.63) is 167 Å². The van der Waals surface area contributed by atoms with Crippen molar-refractivity contribution in [1.82, 2.24) is 45.7 Å². The number of para-hydroxylation sites is 2. The minimum atomic E-state index is -4.78. The van der Waals surface area contributed by atoms with Crippen LogP contribution in [0, 0.1) is 18.7 Å². The minimum absolute atomic E-state index is 0.00986. The number of nitrogens with zero attached hydrogens (tertiary/aromatic N) is 7. The van der Waals surface area contributed by atoms with E-state index in [2.05, 4.69) is 53.2 Å². The van der Waals surface area contributed by atoms with Crippen molar-refractivity contribution in [2.45, 2.75) is 84.0 Å². The number of piperazine rings is 1. The molecule has 0 aliphatic carbocycles. The summed E-state index contributed by atoms with van der Waals surface area (Å²) in [6, 6.07) is 27.4. The SMILES string of the molecule is COc1ccccc1-c1nccc(COc2ccccc2C[C@@H](Oc2ncnc3sc(-c4ccc(F)c(OCC(F)(F)F)c4)c(-c4ccc(OCCN5CC[N+](C)(Cc6ccc(NC(=O)[C@H](CCCNC(N)=O)NC(=O)[C@@H](NC(=O)CCOCCN7C(=O)C=CC7=O)C(C)C)cc6)CC5)c(Cl)c4C)c23)C(=O)O)n1. The third-order valence-electron chi connectivity index (χ3n) is 18.1. The maximum Gasteiger partial charge on any atom is 0.422 e. The Kier molecular flexibility index (Phi) is 27.0. The number of alkyl halides is 3. The van der Waals surface area contributed by atoms with Gasteiger partial charge in [0.25, 0.3) is 11.8 Å². The number of hydrogen-bond donors (Lipinski definition) is 6. The molecule has 2 aliphatic heterocycles. The highest BCUT2D eigenvalue weighted by molar-refractivity contribution is 7.22. The molecule has 8 aromatic rings. The number of carboxylic acids is 1. The number of fused-ring (bicyclic) bond motifs is 1. The summed E-state index contributed by atoms with van der Waals surface area (Å²) in [4.78, 5) is 111. The van der Waals surface area contributed by atoms with Crippen LogP contribution in [0.25, 0.3) is 43.2 Å². The van der Waals surface area contributed by atoms with Crippen LogP contribution in [-0.4, -0.2) is 192 Å². The minimum Gasteiger partial charge on any atom is -0.496 e. The van der Waals surface area contributed by atoms with Crippen LogP contribution in [0.4, 0.5) is 28.0 Å². The number of halogens is 5. The van der Waals surface area contributed by atoms with E-state index >= 15 is 4.39 Å². The number of aliphatic carboxylic acids is 1. The molecule has 1 fully saturated rings. The van der Waals surface area contributed by atoms with Crippen molar-refractivity contribution in [3.63, 3.8) is 0 Å². The number of nitrogens with two attached hydrogens (primary N) is 1. The summed E-state index contributed by atoms with van der Waals surface area (Å²) in [7, 11) is 3.72. The summed E-state index contributed by atoms with van der Waals surface area (Å²) in [5.41, 5.74) is 9.98. The van der Waals surface area contributed by atoms with Crippen LogP contribution in [0.2, 0.25) is 5.02 Å². The van der Waals surface area contributed by atoms with Gasteiger partial charge in [-0.1, -0.05) is 80.0 Å². The standard InChI is InChI=1S/C76H81ClF4N12O14S/c1-45(2)67(90-61(94)27-36-103-37-33-92-62(95)24-25-63(92)96)71(98)89-55(13-10-28-84-75(82)101)70(97)88-50-19-16-47(17-20-50)41-93(4)34-30-91(31-35-93)32-38-104-58-23-21-52(46(3)66(58)77)64-65-72(85-44-86-73(65)108-68(64)49-18-22-54(78)59(40-49)106-43-76(79,80)81)107-60(74(99)100)39-48-11-6-8-14-56(48)105-42-51-26-29-83-69(87-51)53-12-7-9-15-57(53)102-5/h6-9,11-12,14-26,29,40,44-45,55,60,67H,10,13,27-28,30-39,41-43H2,1-5H3,(H6-,82,84,88,89,90,94,97,98,99,100,101)/p+1/t55-,60+,67-/m0/s1. The molecule has 0 unspecified atom stereocenters. The van der Waals surface area contributed by atoms with Crippen molar-refractivity contribution >= 4 is 80.4 Å². The predicted molar refractivity (Wildman–Crippen MR) is 394 cm³/mol. The number of ether oxygens (including phenoxy) is 6. The molecule has 570 valence electrons. The Labute approximate surface area is 628 Å². The molecule has 5 heterocycles. The van der Waals surface area contributed by atoms with Gasteiger partial charge in [-0.25, -0.2) is 33.9 Å². The van der Waals surface area contributed by atoms with Gasteiger partial charge in [0.2, 0.25) is 29.7 Å². The first-order valence-electron chi connectivity index (χ1n) is 34.7. The number of aromatic nitrogens is 4. The van der Waals surface area contributed by atoms with E-state index in [9.17, 15) is 51.8 Å². The Morgan fingerprint density at radius 1 is 0.806 bits per heavy atom. The fourth-order valence-corrected chi connectivity index (χ4v) is 13.6. The number of rotatable bonds is 36. The second-order valence-electron chi connectivity index (χ2n) is 26.3. The zero-order valence-corrected chi connectivity index (χ0v) is 61.4. The number of carboxylic acid groups (broad SMARTS) is 1. The summed E-state index contributed by atoms with van der Waals surface area (Å²) in [6.07, 6.45) is -1.17. The van der Waals surface area contributed by atoms with Gasteiger partial charge in [-0.3, -0.25) is 33.8 Å². The molecule has 1 saturated heterocycles. The fourth-order valence-electron chi connectivity index (χ4n) is 12.3. The maximum absolute atomic E-state index is 15.3. The molecule has 108 heavy (non-hydrogen) atoms. The average molecular weight is 1530 g/mol. The van der Waals surface area contributed by atoms with Gasteiger partial charge in [-0.2, -0.15) is 13.2 Å². The molecule has 3 atom stereocenters. The Bertz CT molecular complexity index is 4580. The van der Waals surface area contributed by atoms with Crippen molar-refractivity contribution in [2.24, 2.45) is 11.7 Å². The van der Waals surface area contributed by atoms with Crippen LogP contribution in [0.3, 0.4) is 0 Å². The summed E-state index contributed by atoms with van der Waals surface area (Å²) in [5.74, 6) is -4.40. The number of anilines is 1. The molecule has 0 radical (unpaired) electrons. The Morgan fingerprint density at radius 3 is 2.25 bits per heavy atom. The highest BCUT2D eigenvalue weighted by Crippen LogP contribution is 2.50. The van der Waals surface area contributed by atoms with E-state index in [0.29, 0.717) is 89.6 Å². The number of carbonyl (C=O) groups excluding carboxylic acids is 6. The Balaban J connectivity index is 0.775. The average Bonchev–Trinajstić information content (AvgIpc) is 1.58. The first-order chi connectivity index (χ1) is 51.7. The lowest BCUT2D eigenvalue weighted by atomic mass is 9.95. The summed E-state index contributed by atoms with van der Waals surface area (Å²) in [5, 5.41) is 22.2. The van der Waals surface area contributed by atoms with E-state index < -0.39 is 84.1 Å². The molecule has 0 spiro atoms. The van der Waals surface area contributed by atoms with Crippen LogP contribution in [0.5, 0.6) is 28.9 Å². The normalized spacial score (nSPS) is 14.5. The summed E-state index contributed by atoms with van der Waals surface area (Å²) >= 11 is 8.31. The van der Waals surface area contributed by atoms with Gasteiger partial charge in [0.15, 0.2) is 24.0 Å². The molecule has 5 aromatic carbocycles. The van der Waals surface area contributed by atoms with Gasteiger partial charge < -0.3 is 65.0 Å². The molecule has 26 nitrogen and oxygen atoms in total. The van der Waals surface area contributed by atoms with Crippen LogP contribution >= 0.6 is 22.9 Å². The number of imide groups is 1. The molecule has 32 heteroatoms. The Hall–Kier alpha value is -10.9. The quantitative estimate of drug-likeness (QED) is 0.00920. The van der Waals surface area contributed by atoms with E-state index in [1.165, 1.54) is 24.5 Å². The van der Waals surface area contributed by atoms with Gasteiger partial charge in [-0.05, 0) is 103 Å².